The molecule has 5 nitrogen and oxygen atoms in total. The lowest BCUT2D eigenvalue weighted by atomic mass is 10.4. The van der Waals surface area contributed by atoms with Crippen LogP contribution in [0.2, 0.25) is 0 Å². The second kappa shape index (κ2) is 3.55. The Kier molecular flexibility index (Phi) is 2.39. The number of hydrogen-bond donors (Lipinski definition) is 1. The van der Waals surface area contributed by atoms with Crippen LogP contribution in [0.25, 0.3) is 11.5 Å². The average Bonchev–Trinajstić information content (AvgIpc) is 2.75. The van der Waals surface area contributed by atoms with E-state index in [-0.39, 0.29) is 0 Å². The molecule has 0 saturated heterocycles. The minimum absolute atomic E-state index is 0.376. The highest BCUT2D eigenvalue weighted by molar-refractivity contribution is 9.10. The van der Waals surface area contributed by atoms with Crippen LogP contribution in [0.4, 0.5) is 0 Å². The topological polar surface area (TPSA) is 69.9 Å². The molecule has 0 atom stereocenters. The lowest BCUT2D eigenvalue weighted by Gasteiger charge is -1.92. The lowest BCUT2D eigenvalue weighted by molar-refractivity contribution is 0.572. The zero-order valence-electron chi connectivity index (χ0n) is 7.57. The fraction of sp³-hybridized carbons (Fsp3) is 0.250. The minimum atomic E-state index is 0.376. The second-order valence-corrected chi connectivity index (χ2v) is 3.57. The van der Waals surface area contributed by atoms with Gasteiger partial charge in [0.15, 0.2) is 0 Å². The van der Waals surface area contributed by atoms with Crippen LogP contribution in [0.3, 0.4) is 0 Å². The van der Waals surface area contributed by atoms with Gasteiger partial charge in [-0.05, 0) is 15.9 Å². The third-order valence-electron chi connectivity index (χ3n) is 1.86. The molecule has 2 rings (SSSR count). The molecule has 2 aromatic heterocycles. The Morgan fingerprint density at radius 3 is 2.93 bits per heavy atom. The summed E-state index contributed by atoms with van der Waals surface area (Å²) in [6.45, 7) is 0.376. The van der Waals surface area contributed by atoms with Crippen LogP contribution < -0.4 is 5.73 Å². The van der Waals surface area contributed by atoms with E-state index in [0.717, 1.165) is 15.9 Å². The summed E-state index contributed by atoms with van der Waals surface area (Å²) in [5.41, 5.74) is 6.99. The van der Waals surface area contributed by atoms with Crippen molar-refractivity contribution in [2.75, 3.05) is 0 Å². The molecule has 0 spiro atoms. The van der Waals surface area contributed by atoms with Gasteiger partial charge in [-0.15, -0.1) is 0 Å². The van der Waals surface area contributed by atoms with Crippen LogP contribution in [-0.2, 0) is 13.6 Å². The van der Waals surface area contributed by atoms with Crippen molar-refractivity contribution < 1.29 is 4.42 Å². The van der Waals surface area contributed by atoms with E-state index in [1.807, 2.05) is 7.05 Å². The highest BCUT2D eigenvalue weighted by Gasteiger charge is 2.12. The zero-order valence-corrected chi connectivity index (χ0v) is 9.15. The van der Waals surface area contributed by atoms with Crippen molar-refractivity contribution in [2.45, 2.75) is 6.54 Å². The van der Waals surface area contributed by atoms with Crippen LogP contribution in [0, 0.1) is 0 Å². The number of oxazole rings is 1. The van der Waals surface area contributed by atoms with Crippen molar-refractivity contribution >= 4 is 15.9 Å². The maximum atomic E-state index is 5.43. The van der Waals surface area contributed by atoms with Crippen LogP contribution in [0.15, 0.2) is 21.5 Å². The molecule has 0 aliphatic rings. The summed E-state index contributed by atoms with van der Waals surface area (Å²) in [6.07, 6.45) is 3.24. The molecule has 0 aliphatic heterocycles. The van der Waals surface area contributed by atoms with Crippen molar-refractivity contribution in [1.29, 1.82) is 0 Å². The third-order valence-corrected chi connectivity index (χ3v) is 2.80. The normalized spacial score (nSPS) is 10.8. The Labute approximate surface area is 89.0 Å². The number of aromatic nitrogens is 3. The van der Waals surface area contributed by atoms with Gasteiger partial charge in [0.2, 0.25) is 5.89 Å². The Morgan fingerprint density at radius 2 is 2.43 bits per heavy atom. The Hall–Kier alpha value is -1.14. The van der Waals surface area contributed by atoms with Gasteiger partial charge < -0.3 is 10.2 Å². The molecule has 6 heteroatoms. The minimum Gasteiger partial charge on any atom is -0.444 e. The number of halogens is 1. The molecular weight excluding hydrogens is 248 g/mol. The quantitative estimate of drug-likeness (QED) is 0.880. The number of rotatable bonds is 2. The molecule has 0 radical (unpaired) electrons. The molecule has 0 aromatic carbocycles. The average molecular weight is 257 g/mol. The molecule has 14 heavy (non-hydrogen) atoms. The van der Waals surface area contributed by atoms with E-state index in [9.17, 15) is 0 Å². The molecule has 0 saturated carbocycles. The molecular formula is C8H9BrN4O. The Balaban J connectivity index is 2.44. The summed E-state index contributed by atoms with van der Waals surface area (Å²) < 4.78 is 7.79. The zero-order chi connectivity index (χ0) is 10.1. The van der Waals surface area contributed by atoms with Crippen LogP contribution >= 0.6 is 15.9 Å². The number of nitrogens with zero attached hydrogens (tertiary/aromatic N) is 3. The van der Waals surface area contributed by atoms with Gasteiger partial charge in [-0.1, -0.05) is 0 Å². The number of aryl methyl sites for hydroxylation is 1. The van der Waals surface area contributed by atoms with Crippen molar-refractivity contribution in [2.24, 2.45) is 12.8 Å². The fourth-order valence-electron chi connectivity index (χ4n) is 1.09. The van der Waals surface area contributed by atoms with Crippen molar-refractivity contribution in [3.63, 3.8) is 0 Å². The van der Waals surface area contributed by atoms with Gasteiger partial charge in [-0.2, -0.15) is 5.10 Å². The van der Waals surface area contributed by atoms with Crippen LogP contribution in [-0.4, -0.2) is 14.8 Å². The predicted molar refractivity (Wildman–Crippen MR) is 54.3 cm³/mol. The van der Waals surface area contributed by atoms with E-state index < -0.39 is 0 Å². The summed E-state index contributed by atoms with van der Waals surface area (Å²) in [4.78, 5) is 4.20. The Morgan fingerprint density at radius 1 is 1.64 bits per heavy atom. The molecule has 74 valence electrons. The summed E-state index contributed by atoms with van der Waals surface area (Å²) in [5.74, 6) is 0.533. The van der Waals surface area contributed by atoms with Gasteiger partial charge in [-0.3, -0.25) is 4.68 Å². The van der Waals surface area contributed by atoms with E-state index in [0.29, 0.717) is 12.4 Å². The van der Waals surface area contributed by atoms with Crippen molar-refractivity contribution in [3.05, 3.63) is 22.8 Å². The fourth-order valence-corrected chi connectivity index (χ4v) is 1.45. The van der Waals surface area contributed by atoms with Gasteiger partial charge in [0.05, 0.1) is 17.5 Å². The van der Waals surface area contributed by atoms with Crippen LogP contribution in [0.5, 0.6) is 0 Å². The first-order chi connectivity index (χ1) is 6.72. The molecule has 2 aromatic rings. The van der Waals surface area contributed by atoms with E-state index in [1.165, 1.54) is 0 Å². The van der Waals surface area contributed by atoms with Crippen molar-refractivity contribution in [1.82, 2.24) is 14.8 Å². The summed E-state index contributed by atoms with van der Waals surface area (Å²) in [6, 6.07) is 0. The largest absolute Gasteiger partial charge is 0.444 e. The predicted octanol–water partition coefficient (Wildman–Crippen LogP) is 1.30. The number of hydrogen-bond acceptors (Lipinski definition) is 4. The molecule has 0 amide bonds. The van der Waals surface area contributed by atoms with E-state index in [4.69, 9.17) is 10.2 Å². The first-order valence-corrected chi connectivity index (χ1v) is 4.84. The highest BCUT2D eigenvalue weighted by Crippen LogP contribution is 2.26. The van der Waals surface area contributed by atoms with E-state index >= 15 is 0 Å². The van der Waals surface area contributed by atoms with Gasteiger partial charge in [0.1, 0.15) is 10.9 Å². The highest BCUT2D eigenvalue weighted by atomic mass is 79.9. The van der Waals surface area contributed by atoms with Gasteiger partial charge in [0.25, 0.3) is 0 Å². The molecule has 0 unspecified atom stereocenters. The first-order valence-electron chi connectivity index (χ1n) is 4.04. The SMILES string of the molecule is Cn1ncc(-c2nc(CN)co2)c1Br. The first kappa shape index (κ1) is 9.42. The van der Waals surface area contributed by atoms with Crippen LogP contribution in [0.1, 0.15) is 5.69 Å². The maximum Gasteiger partial charge on any atom is 0.230 e. The second-order valence-electron chi connectivity index (χ2n) is 2.82. The number of nitrogens with two attached hydrogens (primary N) is 1. The monoisotopic (exact) mass is 256 g/mol. The maximum absolute atomic E-state index is 5.43. The summed E-state index contributed by atoms with van der Waals surface area (Å²) >= 11 is 3.39. The Bertz CT molecular complexity index is 448. The van der Waals surface area contributed by atoms with Gasteiger partial charge in [0, 0.05) is 13.6 Å². The molecule has 0 fully saturated rings. The van der Waals surface area contributed by atoms with E-state index in [1.54, 1.807) is 17.1 Å². The smallest absolute Gasteiger partial charge is 0.230 e. The molecule has 0 aliphatic carbocycles. The molecule has 2 heterocycles. The molecule has 2 N–H and O–H groups in total. The standard InChI is InChI=1S/C8H9BrN4O/c1-13-7(9)6(3-11-13)8-12-5(2-10)4-14-8/h3-4H,2,10H2,1H3. The van der Waals surface area contributed by atoms with Crippen molar-refractivity contribution in [3.8, 4) is 11.5 Å². The summed E-state index contributed by atoms with van der Waals surface area (Å²) in [5, 5.41) is 4.07. The van der Waals surface area contributed by atoms with Gasteiger partial charge >= 0.3 is 0 Å². The molecule has 0 bridgehead atoms. The van der Waals surface area contributed by atoms with Gasteiger partial charge in [-0.25, -0.2) is 4.98 Å². The summed E-state index contributed by atoms with van der Waals surface area (Å²) in [7, 11) is 1.83. The third kappa shape index (κ3) is 1.46. The lowest BCUT2D eigenvalue weighted by Crippen LogP contribution is -1.95. The van der Waals surface area contributed by atoms with E-state index in [2.05, 4.69) is 26.0 Å².